The van der Waals surface area contributed by atoms with E-state index in [9.17, 15) is 4.79 Å². The molecule has 1 aliphatic heterocycles. The lowest BCUT2D eigenvalue weighted by Crippen LogP contribution is -2.54. The molecule has 1 fully saturated rings. The summed E-state index contributed by atoms with van der Waals surface area (Å²) in [6.07, 6.45) is 0. The number of carbonyl (C=O) groups is 1. The van der Waals surface area contributed by atoms with Crippen molar-refractivity contribution in [3.8, 4) is 0 Å². The second-order valence-electron chi connectivity index (χ2n) is 4.63. The summed E-state index contributed by atoms with van der Waals surface area (Å²) in [4.78, 5) is 16.8. The molecule has 1 saturated heterocycles. The summed E-state index contributed by atoms with van der Waals surface area (Å²) in [5.41, 5.74) is 5.60. The van der Waals surface area contributed by atoms with Crippen LogP contribution in [0.15, 0.2) is 17.3 Å². The van der Waals surface area contributed by atoms with Gasteiger partial charge in [-0.05, 0) is 19.1 Å². The van der Waals surface area contributed by atoms with Crippen molar-refractivity contribution in [3.05, 3.63) is 21.3 Å². The topological polar surface area (TPSA) is 82.2 Å². The largest absolute Gasteiger partial charge is 0.409 e. The fourth-order valence-electron chi connectivity index (χ4n) is 2.17. The molecule has 0 spiro atoms. The normalized spacial score (nSPS) is 19.1. The van der Waals surface area contributed by atoms with Gasteiger partial charge in [0.05, 0.1) is 15.3 Å². The van der Waals surface area contributed by atoms with Crippen LogP contribution in [0.25, 0.3) is 0 Å². The van der Waals surface area contributed by atoms with Gasteiger partial charge in [0, 0.05) is 26.2 Å². The fraction of sp³-hybridized carbons (Fsp3) is 0.500. The maximum atomic E-state index is 12.3. The molecule has 2 rings (SSSR count). The lowest BCUT2D eigenvalue weighted by molar-refractivity contribution is 0.0623. The van der Waals surface area contributed by atoms with E-state index in [0.717, 1.165) is 0 Å². The molecule has 8 heteroatoms. The zero-order valence-electron chi connectivity index (χ0n) is 11.1. The Hall–Kier alpha value is -1.31. The highest BCUT2D eigenvalue weighted by atomic mass is 35.5. The smallest absolute Gasteiger partial charge is 0.264 e. The lowest BCUT2D eigenvalue weighted by Gasteiger charge is -2.37. The lowest BCUT2D eigenvalue weighted by atomic mass is 10.2. The summed E-state index contributed by atoms with van der Waals surface area (Å²) in [7, 11) is 0. The van der Waals surface area contributed by atoms with Crippen LogP contribution in [-0.2, 0) is 0 Å². The first-order valence-electron chi connectivity index (χ1n) is 6.29. The number of thiophene rings is 1. The van der Waals surface area contributed by atoms with E-state index in [1.54, 1.807) is 17.0 Å². The van der Waals surface area contributed by atoms with Gasteiger partial charge in [-0.15, -0.1) is 11.3 Å². The van der Waals surface area contributed by atoms with Crippen LogP contribution < -0.4 is 5.73 Å². The number of nitrogens with two attached hydrogens (primary N) is 1. The Kier molecular flexibility index (Phi) is 4.85. The highest BCUT2D eigenvalue weighted by molar-refractivity contribution is 7.17. The second kappa shape index (κ2) is 6.43. The minimum atomic E-state index is -0.131. The zero-order valence-corrected chi connectivity index (χ0v) is 12.7. The summed E-state index contributed by atoms with van der Waals surface area (Å²) in [5.74, 6) is 0.202. The standard InChI is InChI=1S/C12H17ClN4O2S/c1-8(11(14)15-19)16-4-6-17(7-5-16)12(18)9-2-3-10(13)20-9/h2-3,8,19H,4-7H2,1H3,(H2,14,15). The number of halogens is 1. The number of oxime groups is 1. The van der Waals surface area contributed by atoms with Crippen LogP contribution in [-0.4, -0.2) is 59.0 Å². The van der Waals surface area contributed by atoms with Crippen LogP contribution in [0.3, 0.4) is 0 Å². The molecule has 2 heterocycles. The molecule has 0 aromatic carbocycles. The van der Waals surface area contributed by atoms with E-state index in [2.05, 4.69) is 10.1 Å². The Morgan fingerprint density at radius 1 is 1.45 bits per heavy atom. The summed E-state index contributed by atoms with van der Waals surface area (Å²) < 4.78 is 0.618. The number of amidine groups is 1. The molecule has 3 N–H and O–H groups in total. The van der Waals surface area contributed by atoms with Crippen molar-refractivity contribution in [2.45, 2.75) is 13.0 Å². The molecule has 1 amide bonds. The molecule has 6 nitrogen and oxygen atoms in total. The molecule has 1 atom stereocenters. The van der Waals surface area contributed by atoms with Crippen LogP contribution in [0.1, 0.15) is 16.6 Å². The van der Waals surface area contributed by atoms with E-state index in [1.165, 1.54) is 11.3 Å². The van der Waals surface area contributed by atoms with E-state index in [0.29, 0.717) is 35.4 Å². The van der Waals surface area contributed by atoms with Crippen molar-refractivity contribution < 1.29 is 10.0 Å². The molecule has 0 bridgehead atoms. The Morgan fingerprint density at radius 2 is 2.10 bits per heavy atom. The third kappa shape index (κ3) is 3.23. The molecular formula is C12H17ClN4O2S. The van der Waals surface area contributed by atoms with Crippen molar-refractivity contribution in [1.29, 1.82) is 0 Å². The number of amides is 1. The van der Waals surface area contributed by atoms with Crippen LogP contribution in [0.2, 0.25) is 4.34 Å². The average Bonchev–Trinajstić information content (AvgIpc) is 2.91. The number of hydrogen-bond acceptors (Lipinski definition) is 5. The maximum absolute atomic E-state index is 12.3. The van der Waals surface area contributed by atoms with E-state index in [1.807, 2.05) is 6.92 Å². The van der Waals surface area contributed by atoms with Crippen LogP contribution in [0.4, 0.5) is 0 Å². The van der Waals surface area contributed by atoms with Crippen molar-refractivity contribution in [3.63, 3.8) is 0 Å². The summed E-state index contributed by atoms with van der Waals surface area (Å²) in [5, 5.41) is 11.7. The van der Waals surface area contributed by atoms with Crippen molar-refractivity contribution >= 4 is 34.7 Å². The second-order valence-corrected chi connectivity index (χ2v) is 6.35. The molecule has 0 saturated carbocycles. The van der Waals surface area contributed by atoms with Gasteiger partial charge >= 0.3 is 0 Å². The van der Waals surface area contributed by atoms with E-state index in [-0.39, 0.29) is 17.8 Å². The van der Waals surface area contributed by atoms with Crippen molar-refractivity contribution in [1.82, 2.24) is 9.80 Å². The van der Waals surface area contributed by atoms with E-state index < -0.39 is 0 Å². The molecule has 1 aromatic heterocycles. The molecule has 20 heavy (non-hydrogen) atoms. The Balaban J connectivity index is 1.93. The van der Waals surface area contributed by atoms with Gasteiger partial charge in [0.25, 0.3) is 5.91 Å². The minimum absolute atomic E-state index is 0.0120. The summed E-state index contributed by atoms with van der Waals surface area (Å²) in [6, 6.07) is 3.35. The van der Waals surface area contributed by atoms with Gasteiger partial charge in [-0.3, -0.25) is 9.69 Å². The third-order valence-electron chi connectivity index (χ3n) is 3.48. The zero-order chi connectivity index (χ0) is 14.7. The Labute approximate surface area is 126 Å². The monoisotopic (exact) mass is 316 g/mol. The number of nitrogens with zero attached hydrogens (tertiary/aromatic N) is 3. The molecule has 0 radical (unpaired) electrons. The number of hydrogen-bond donors (Lipinski definition) is 2. The molecule has 0 aliphatic carbocycles. The quantitative estimate of drug-likeness (QED) is 0.381. The number of carbonyl (C=O) groups excluding carboxylic acids is 1. The van der Waals surface area contributed by atoms with Gasteiger partial charge in [-0.25, -0.2) is 0 Å². The highest BCUT2D eigenvalue weighted by Crippen LogP contribution is 2.23. The first-order chi connectivity index (χ1) is 9.52. The number of piperazine rings is 1. The van der Waals surface area contributed by atoms with Gasteiger partial charge in [0.1, 0.15) is 0 Å². The fourth-order valence-corrected chi connectivity index (χ4v) is 3.18. The average molecular weight is 317 g/mol. The molecule has 110 valence electrons. The van der Waals surface area contributed by atoms with Crippen LogP contribution in [0, 0.1) is 0 Å². The van der Waals surface area contributed by atoms with Gasteiger partial charge in [-0.2, -0.15) is 0 Å². The molecular weight excluding hydrogens is 300 g/mol. The maximum Gasteiger partial charge on any atom is 0.264 e. The van der Waals surface area contributed by atoms with E-state index >= 15 is 0 Å². The number of rotatable bonds is 3. The van der Waals surface area contributed by atoms with Crippen molar-refractivity contribution in [2.75, 3.05) is 26.2 Å². The first-order valence-corrected chi connectivity index (χ1v) is 7.48. The van der Waals surface area contributed by atoms with Gasteiger partial charge in [-0.1, -0.05) is 16.8 Å². The SMILES string of the molecule is CC(C(N)=NO)N1CCN(C(=O)c2ccc(Cl)s2)CC1. The predicted molar refractivity (Wildman–Crippen MR) is 79.7 cm³/mol. The minimum Gasteiger partial charge on any atom is -0.409 e. The van der Waals surface area contributed by atoms with Gasteiger partial charge < -0.3 is 15.8 Å². The Morgan fingerprint density at radius 3 is 2.60 bits per heavy atom. The van der Waals surface area contributed by atoms with Crippen LogP contribution >= 0.6 is 22.9 Å². The van der Waals surface area contributed by atoms with Gasteiger partial charge in [0.15, 0.2) is 5.84 Å². The van der Waals surface area contributed by atoms with Gasteiger partial charge in [0.2, 0.25) is 0 Å². The summed E-state index contributed by atoms with van der Waals surface area (Å²) in [6.45, 7) is 4.52. The van der Waals surface area contributed by atoms with Crippen molar-refractivity contribution in [2.24, 2.45) is 10.9 Å². The molecule has 1 aliphatic rings. The highest BCUT2D eigenvalue weighted by Gasteiger charge is 2.26. The molecule has 1 aromatic rings. The van der Waals surface area contributed by atoms with E-state index in [4.69, 9.17) is 22.5 Å². The summed E-state index contributed by atoms with van der Waals surface area (Å²) >= 11 is 7.14. The van der Waals surface area contributed by atoms with Crippen LogP contribution in [0.5, 0.6) is 0 Å². The Bertz CT molecular complexity index is 511. The third-order valence-corrected chi connectivity index (χ3v) is 4.70. The molecule has 1 unspecified atom stereocenters. The predicted octanol–water partition coefficient (Wildman–Crippen LogP) is 1.29. The first kappa shape index (κ1) is 15.1.